The van der Waals surface area contributed by atoms with Gasteiger partial charge in [0.05, 0.1) is 17.4 Å². The molecule has 4 aromatic rings. The minimum absolute atomic E-state index is 0.0941. The van der Waals surface area contributed by atoms with Crippen molar-refractivity contribution < 1.29 is 21.6 Å². The van der Waals surface area contributed by atoms with Gasteiger partial charge in [-0.3, -0.25) is 9.98 Å². The molecule has 0 unspecified atom stereocenters. The van der Waals surface area contributed by atoms with Crippen LogP contribution in [0.2, 0.25) is 5.02 Å². The Bertz CT molecular complexity index is 1820. The van der Waals surface area contributed by atoms with Crippen LogP contribution in [0.15, 0.2) is 77.1 Å². The third kappa shape index (κ3) is 6.15. The van der Waals surface area contributed by atoms with Crippen LogP contribution in [0, 0.1) is 5.82 Å². The molecular weight excluding hydrogens is 637 g/mol. The number of halogens is 4. The van der Waals surface area contributed by atoms with Crippen LogP contribution < -0.4 is 9.44 Å². The van der Waals surface area contributed by atoms with Gasteiger partial charge in [-0.25, -0.2) is 14.1 Å². The number of aromatic nitrogens is 4. The molecule has 230 valence electrons. The normalized spacial score (nSPS) is 19.4. The summed E-state index contributed by atoms with van der Waals surface area (Å²) >= 11 is 7.84. The molecule has 10 nitrogen and oxygen atoms in total. The molecular formula is C28H26ClF3N8O2S2. The van der Waals surface area contributed by atoms with Crippen molar-refractivity contribution in [3.8, 4) is 0 Å². The van der Waals surface area contributed by atoms with Crippen LogP contribution in [-0.2, 0) is 10.2 Å². The predicted octanol–water partition coefficient (Wildman–Crippen LogP) is 5.48. The summed E-state index contributed by atoms with van der Waals surface area (Å²) in [7, 11) is -4.03. The fourth-order valence-electron chi connectivity index (χ4n) is 5.41. The maximum Gasteiger partial charge on any atom is 0.333 e. The number of hydrogen-bond acceptors (Lipinski definition) is 8. The van der Waals surface area contributed by atoms with E-state index in [1.165, 1.54) is 29.5 Å². The molecule has 0 saturated carbocycles. The van der Waals surface area contributed by atoms with E-state index in [1.807, 2.05) is 11.8 Å². The summed E-state index contributed by atoms with van der Waals surface area (Å²) in [6, 6.07) is 8.57. The van der Waals surface area contributed by atoms with Crippen molar-refractivity contribution in [1.82, 2.24) is 34.1 Å². The number of amidine groups is 1. The highest BCUT2D eigenvalue weighted by Gasteiger charge is 2.42. The highest BCUT2D eigenvalue weighted by molar-refractivity contribution is 7.87. The minimum atomic E-state index is -4.03. The second kappa shape index (κ2) is 12.4. The minimum Gasteiger partial charge on any atom is -0.326 e. The van der Waals surface area contributed by atoms with E-state index in [9.17, 15) is 21.6 Å². The molecule has 0 amide bonds. The lowest BCUT2D eigenvalue weighted by Gasteiger charge is -2.32. The molecule has 16 heteroatoms. The van der Waals surface area contributed by atoms with E-state index >= 15 is 0 Å². The maximum atomic E-state index is 14.1. The van der Waals surface area contributed by atoms with Crippen molar-refractivity contribution in [2.75, 3.05) is 6.54 Å². The van der Waals surface area contributed by atoms with Gasteiger partial charge in [-0.1, -0.05) is 30.7 Å². The Hall–Kier alpha value is -3.63. The molecule has 2 aliphatic rings. The molecule has 1 aromatic carbocycles. The third-order valence-corrected chi connectivity index (χ3v) is 9.63. The topological polar surface area (TPSA) is 117 Å². The van der Waals surface area contributed by atoms with Crippen LogP contribution in [0.1, 0.15) is 60.4 Å². The number of benzene rings is 1. The number of hydrogen-bond donors (Lipinski definition) is 2. The lowest BCUT2D eigenvalue weighted by atomic mass is 9.92. The Labute approximate surface area is 260 Å². The first kappa shape index (κ1) is 30.4. The number of nitrogens with one attached hydrogen (secondary N) is 2. The van der Waals surface area contributed by atoms with Gasteiger partial charge in [-0.05, 0) is 36.8 Å². The maximum absolute atomic E-state index is 14.1. The van der Waals surface area contributed by atoms with E-state index in [0.29, 0.717) is 44.5 Å². The number of fused-ring (bicyclic) bond motifs is 1. The lowest BCUT2D eigenvalue weighted by molar-refractivity contribution is 0.0564. The Balaban J connectivity index is 1.41. The average molecular weight is 663 g/mol. The molecule has 5 heterocycles. The monoisotopic (exact) mass is 662 g/mol. The van der Waals surface area contributed by atoms with Crippen LogP contribution in [-0.4, -0.2) is 51.5 Å². The highest BCUT2D eigenvalue weighted by atomic mass is 35.5. The Kier molecular flexibility index (Phi) is 8.57. The lowest BCUT2D eigenvalue weighted by Crippen LogP contribution is -2.45. The van der Waals surface area contributed by atoms with Crippen molar-refractivity contribution in [2.45, 2.75) is 44.4 Å². The molecule has 0 bridgehead atoms. The van der Waals surface area contributed by atoms with Crippen LogP contribution in [0.5, 0.6) is 0 Å². The first-order chi connectivity index (χ1) is 21.1. The van der Waals surface area contributed by atoms with Crippen molar-refractivity contribution in [3.05, 3.63) is 105 Å². The van der Waals surface area contributed by atoms with E-state index in [-0.39, 0.29) is 23.7 Å². The predicted molar refractivity (Wildman–Crippen MR) is 161 cm³/mol. The molecule has 2 aliphatic heterocycles. The van der Waals surface area contributed by atoms with Crippen molar-refractivity contribution in [1.29, 1.82) is 0 Å². The third-order valence-electron chi connectivity index (χ3n) is 7.30. The zero-order valence-corrected chi connectivity index (χ0v) is 25.5. The van der Waals surface area contributed by atoms with Crippen molar-refractivity contribution in [3.63, 3.8) is 0 Å². The molecule has 6 rings (SSSR count). The van der Waals surface area contributed by atoms with Gasteiger partial charge in [-0.2, -0.15) is 31.7 Å². The molecule has 3 aromatic heterocycles. The molecule has 2 N–H and O–H groups in total. The van der Waals surface area contributed by atoms with E-state index in [4.69, 9.17) is 16.6 Å². The summed E-state index contributed by atoms with van der Waals surface area (Å²) in [5, 5.41) is 6.55. The van der Waals surface area contributed by atoms with Gasteiger partial charge in [-0.15, -0.1) is 11.3 Å². The fourth-order valence-corrected chi connectivity index (χ4v) is 7.65. The summed E-state index contributed by atoms with van der Waals surface area (Å²) in [4.78, 5) is 15.5. The smallest absolute Gasteiger partial charge is 0.326 e. The van der Waals surface area contributed by atoms with Gasteiger partial charge in [0.25, 0.3) is 10.2 Å². The van der Waals surface area contributed by atoms with Gasteiger partial charge >= 0.3 is 6.55 Å². The second-order valence-electron chi connectivity index (χ2n) is 10.1. The first-order valence-electron chi connectivity index (χ1n) is 13.6. The van der Waals surface area contributed by atoms with E-state index in [0.717, 1.165) is 12.3 Å². The molecule has 1 saturated heterocycles. The fraction of sp³-hybridized carbons (Fsp3) is 0.286. The molecule has 0 radical (unpaired) electrons. The van der Waals surface area contributed by atoms with Crippen LogP contribution in [0.4, 0.5) is 13.2 Å². The van der Waals surface area contributed by atoms with E-state index in [2.05, 4.69) is 24.5 Å². The quantitative estimate of drug-likeness (QED) is 0.232. The SMILES string of the molecule is CC[C@H](NS(=O)(=O)N[C@H]1CC2=C(c3ccn(C(F)F)n3)[C@H](c3ccc(F)cc3Cl)N=C(c3nccs3)N2C1)c1ccccn1. The number of alkyl halides is 2. The van der Waals surface area contributed by atoms with E-state index < -0.39 is 40.7 Å². The molecule has 0 aliphatic carbocycles. The summed E-state index contributed by atoms with van der Waals surface area (Å²) < 4.78 is 73.9. The number of nitrogens with zero attached hydrogens (tertiary/aromatic N) is 6. The number of thiazole rings is 1. The van der Waals surface area contributed by atoms with Crippen LogP contribution in [0.25, 0.3) is 5.57 Å². The standard InChI is InChI=1S/C28H26ClF3N8O2S2/c1-2-20(21-5-3-4-9-33-21)38-44(41,42)37-17-14-23-24(22-8-11-40(36-22)28(31)32)25(18-7-6-16(30)13-19(18)29)35-26(39(23)15-17)27-34-10-12-43-27/h3-13,17,20,25,28,37-38H,2,14-15H2,1H3/t17-,20-,25-/m0/s1. The van der Waals surface area contributed by atoms with Gasteiger partial charge in [0.15, 0.2) is 10.8 Å². The van der Waals surface area contributed by atoms with Gasteiger partial charge < -0.3 is 4.90 Å². The Morgan fingerprint density at radius 2 is 2.00 bits per heavy atom. The van der Waals surface area contributed by atoms with Crippen molar-refractivity contribution >= 4 is 44.6 Å². The highest BCUT2D eigenvalue weighted by Crippen LogP contribution is 2.46. The second-order valence-corrected chi connectivity index (χ2v) is 12.9. The van der Waals surface area contributed by atoms with Crippen molar-refractivity contribution in [2.24, 2.45) is 4.99 Å². The van der Waals surface area contributed by atoms with E-state index in [1.54, 1.807) is 36.0 Å². The zero-order chi connectivity index (χ0) is 31.0. The number of rotatable bonds is 10. The molecule has 1 fully saturated rings. The molecule has 3 atom stereocenters. The van der Waals surface area contributed by atoms with Gasteiger partial charge in [0, 0.05) is 64.8 Å². The largest absolute Gasteiger partial charge is 0.333 e. The molecule has 0 spiro atoms. The summed E-state index contributed by atoms with van der Waals surface area (Å²) in [5.41, 5.74) is 2.29. The Morgan fingerprint density at radius 1 is 1.16 bits per heavy atom. The first-order valence-corrected chi connectivity index (χ1v) is 16.3. The summed E-state index contributed by atoms with van der Waals surface area (Å²) in [6.07, 6.45) is 5.02. The average Bonchev–Trinajstić information content (AvgIpc) is 3.77. The Morgan fingerprint density at radius 3 is 2.66 bits per heavy atom. The number of pyridine rings is 1. The number of aliphatic imine (C=N–C) groups is 1. The summed E-state index contributed by atoms with van der Waals surface area (Å²) in [5.74, 6) is -0.0950. The van der Waals surface area contributed by atoms with Gasteiger partial charge in [0.1, 0.15) is 11.9 Å². The van der Waals surface area contributed by atoms with Gasteiger partial charge in [0.2, 0.25) is 0 Å². The van der Waals surface area contributed by atoms with Crippen LogP contribution >= 0.6 is 22.9 Å². The molecule has 44 heavy (non-hydrogen) atoms. The zero-order valence-electron chi connectivity index (χ0n) is 23.1. The van der Waals surface area contributed by atoms with Crippen LogP contribution in [0.3, 0.4) is 0 Å². The summed E-state index contributed by atoms with van der Waals surface area (Å²) in [6.45, 7) is -0.848.